The minimum Gasteiger partial charge on any atom is -0.331 e. The topological polar surface area (TPSA) is 81.6 Å². The van der Waals surface area contributed by atoms with Gasteiger partial charge in [0.1, 0.15) is 11.7 Å². The van der Waals surface area contributed by atoms with Gasteiger partial charge >= 0.3 is 0 Å². The van der Waals surface area contributed by atoms with Crippen molar-refractivity contribution in [2.75, 3.05) is 0 Å². The Kier molecular flexibility index (Phi) is 4.20. The van der Waals surface area contributed by atoms with Crippen molar-refractivity contribution in [2.24, 2.45) is 0 Å². The maximum atomic E-state index is 12.0. The number of amides is 1. The first-order chi connectivity index (χ1) is 9.11. The molecule has 0 fully saturated rings. The van der Waals surface area contributed by atoms with E-state index in [0.717, 1.165) is 0 Å². The van der Waals surface area contributed by atoms with Crippen molar-refractivity contribution in [1.29, 1.82) is 5.26 Å². The van der Waals surface area contributed by atoms with Crippen molar-refractivity contribution in [2.45, 2.75) is 6.04 Å². The van der Waals surface area contributed by atoms with Crippen molar-refractivity contribution in [1.82, 2.24) is 15.5 Å². The van der Waals surface area contributed by atoms with Gasteiger partial charge in [0.15, 0.2) is 0 Å². The Balaban J connectivity index is 2.19. The summed E-state index contributed by atoms with van der Waals surface area (Å²) in [4.78, 5) is 12.0. The average molecular weight is 340 g/mol. The van der Waals surface area contributed by atoms with Crippen LogP contribution >= 0.6 is 27.5 Å². The standard InChI is InChI=1S/C12H8BrClN4O/c13-9-6-16-18-11(9)12(19)17-10(5-15)7-2-1-3-8(14)4-7/h1-4,6,10H,(H,16,18)(H,17,19)/t10-/m0/s1. The fourth-order valence-corrected chi connectivity index (χ4v) is 2.08. The van der Waals surface area contributed by atoms with Gasteiger partial charge < -0.3 is 5.32 Å². The molecule has 0 aliphatic carbocycles. The highest BCUT2D eigenvalue weighted by molar-refractivity contribution is 9.10. The lowest BCUT2D eigenvalue weighted by molar-refractivity contribution is 0.0939. The Morgan fingerprint density at radius 3 is 2.95 bits per heavy atom. The van der Waals surface area contributed by atoms with Crippen LogP contribution in [0.2, 0.25) is 5.02 Å². The van der Waals surface area contributed by atoms with Gasteiger partial charge in [-0.3, -0.25) is 9.89 Å². The van der Waals surface area contributed by atoms with Crippen molar-refractivity contribution < 1.29 is 4.79 Å². The van der Waals surface area contributed by atoms with Crippen LogP contribution in [0.25, 0.3) is 0 Å². The first-order valence-electron chi connectivity index (χ1n) is 5.26. The molecule has 19 heavy (non-hydrogen) atoms. The zero-order valence-corrected chi connectivity index (χ0v) is 11.9. The summed E-state index contributed by atoms with van der Waals surface area (Å²) in [5, 5.41) is 18.5. The highest BCUT2D eigenvalue weighted by atomic mass is 79.9. The molecule has 1 amide bonds. The van der Waals surface area contributed by atoms with Gasteiger partial charge in [0, 0.05) is 5.02 Å². The second-order valence-corrected chi connectivity index (χ2v) is 4.97. The molecule has 0 aliphatic rings. The second kappa shape index (κ2) is 5.87. The van der Waals surface area contributed by atoms with Crippen LogP contribution in [0, 0.1) is 11.3 Å². The number of halogens is 2. The molecule has 7 heteroatoms. The summed E-state index contributed by atoms with van der Waals surface area (Å²) in [7, 11) is 0. The van der Waals surface area contributed by atoms with E-state index < -0.39 is 11.9 Å². The number of benzene rings is 1. The number of carbonyl (C=O) groups is 1. The Labute approximate surface area is 122 Å². The normalized spacial score (nSPS) is 11.6. The number of hydrogen-bond acceptors (Lipinski definition) is 3. The van der Waals surface area contributed by atoms with Gasteiger partial charge in [-0.25, -0.2) is 0 Å². The third kappa shape index (κ3) is 3.13. The fraction of sp³-hybridized carbons (Fsp3) is 0.0833. The summed E-state index contributed by atoms with van der Waals surface area (Å²) in [6.45, 7) is 0. The second-order valence-electron chi connectivity index (χ2n) is 3.68. The van der Waals surface area contributed by atoms with Crippen molar-refractivity contribution in [3.8, 4) is 6.07 Å². The van der Waals surface area contributed by atoms with Crippen LogP contribution in [-0.2, 0) is 0 Å². The average Bonchev–Trinajstić information content (AvgIpc) is 2.82. The Morgan fingerprint density at radius 1 is 1.58 bits per heavy atom. The quantitative estimate of drug-likeness (QED) is 0.902. The number of nitrogens with one attached hydrogen (secondary N) is 2. The van der Waals surface area contributed by atoms with E-state index in [1.807, 2.05) is 6.07 Å². The predicted molar refractivity (Wildman–Crippen MR) is 73.6 cm³/mol. The lowest BCUT2D eigenvalue weighted by Crippen LogP contribution is -2.28. The maximum absolute atomic E-state index is 12.0. The summed E-state index contributed by atoms with van der Waals surface area (Å²) >= 11 is 9.05. The van der Waals surface area contributed by atoms with Gasteiger partial charge in [0.2, 0.25) is 0 Å². The lowest BCUT2D eigenvalue weighted by Gasteiger charge is -2.11. The van der Waals surface area contributed by atoms with Gasteiger partial charge in [-0.2, -0.15) is 10.4 Å². The molecular formula is C12H8BrClN4O. The molecule has 0 saturated heterocycles. The minimum absolute atomic E-state index is 0.266. The number of nitriles is 1. The van der Waals surface area contributed by atoms with Crippen molar-refractivity contribution in [3.05, 3.63) is 51.2 Å². The largest absolute Gasteiger partial charge is 0.331 e. The fourth-order valence-electron chi connectivity index (χ4n) is 1.51. The molecule has 0 radical (unpaired) electrons. The van der Waals surface area contributed by atoms with Crippen molar-refractivity contribution >= 4 is 33.4 Å². The van der Waals surface area contributed by atoms with Crippen LogP contribution in [-0.4, -0.2) is 16.1 Å². The maximum Gasteiger partial charge on any atom is 0.271 e. The van der Waals surface area contributed by atoms with E-state index in [2.05, 4.69) is 31.4 Å². The molecule has 1 atom stereocenters. The van der Waals surface area contributed by atoms with E-state index in [-0.39, 0.29) is 5.69 Å². The molecule has 0 aliphatic heterocycles. The molecule has 96 valence electrons. The molecule has 0 unspecified atom stereocenters. The number of nitrogens with zero attached hydrogens (tertiary/aromatic N) is 2. The monoisotopic (exact) mass is 338 g/mol. The molecule has 5 nitrogen and oxygen atoms in total. The van der Waals surface area contributed by atoms with E-state index >= 15 is 0 Å². The number of hydrogen-bond donors (Lipinski definition) is 2. The number of aromatic amines is 1. The van der Waals surface area contributed by atoms with Crippen LogP contribution < -0.4 is 5.32 Å². The third-order valence-electron chi connectivity index (χ3n) is 2.41. The van der Waals surface area contributed by atoms with Crippen LogP contribution in [0.15, 0.2) is 34.9 Å². The molecular weight excluding hydrogens is 332 g/mol. The molecule has 2 N–H and O–H groups in total. The highest BCUT2D eigenvalue weighted by Crippen LogP contribution is 2.19. The number of H-pyrrole nitrogens is 1. The van der Waals surface area contributed by atoms with Gasteiger partial charge in [-0.15, -0.1) is 0 Å². The summed E-state index contributed by atoms with van der Waals surface area (Å²) in [5.74, 6) is -0.420. The van der Waals surface area contributed by atoms with Crippen LogP contribution in [0.5, 0.6) is 0 Å². The third-order valence-corrected chi connectivity index (χ3v) is 3.24. The molecule has 1 aromatic heterocycles. The molecule has 1 aromatic carbocycles. The number of aromatic nitrogens is 2. The van der Waals surface area contributed by atoms with E-state index in [0.29, 0.717) is 15.1 Å². The molecule has 2 rings (SSSR count). The van der Waals surface area contributed by atoms with Gasteiger partial charge in [-0.1, -0.05) is 23.7 Å². The predicted octanol–water partition coefficient (Wildman–Crippen LogP) is 2.82. The Morgan fingerprint density at radius 2 is 2.37 bits per heavy atom. The lowest BCUT2D eigenvalue weighted by atomic mass is 10.1. The number of carbonyl (C=O) groups excluding carboxylic acids is 1. The Hall–Kier alpha value is -1.84. The zero-order chi connectivity index (χ0) is 13.8. The molecule has 0 bridgehead atoms. The van der Waals surface area contributed by atoms with Gasteiger partial charge in [0.05, 0.1) is 16.7 Å². The van der Waals surface area contributed by atoms with Crippen LogP contribution in [0.4, 0.5) is 0 Å². The van der Waals surface area contributed by atoms with E-state index in [9.17, 15) is 4.79 Å². The zero-order valence-electron chi connectivity index (χ0n) is 9.52. The van der Waals surface area contributed by atoms with Crippen LogP contribution in [0.1, 0.15) is 22.1 Å². The van der Waals surface area contributed by atoms with E-state index in [1.165, 1.54) is 6.20 Å². The minimum atomic E-state index is -0.776. The SMILES string of the molecule is N#C[C@H](NC(=O)c1[nH]ncc1Br)c1cccc(Cl)c1. The van der Waals surface area contributed by atoms with Crippen LogP contribution in [0.3, 0.4) is 0 Å². The molecule has 0 spiro atoms. The first kappa shape index (κ1) is 13.6. The molecule has 2 aromatic rings. The van der Waals surface area contributed by atoms with Gasteiger partial charge in [0.25, 0.3) is 5.91 Å². The summed E-state index contributed by atoms with van der Waals surface area (Å²) in [5.41, 5.74) is 0.890. The molecule has 1 heterocycles. The summed E-state index contributed by atoms with van der Waals surface area (Å²) in [6.07, 6.45) is 1.47. The van der Waals surface area contributed by atoms with Crippen molar-refractivity contribution in [3.63, 3.8) is 0 Å². The summed E-state index contributed by atoms with van der Waals surface area (Å²) in [6, 6.07) is 8.03. The smallest absolute Gasteiger partial charge is 0.271 e. The van der Waals surface area contributed by atoms with E-state index in [1.54, 1.807) is 24.3 Å². The van der Waals surface area contributed by atoms with E-state index in [4.69, 9.17) is 16.9 Å². The van der Waals surface area contributed by atoms with Gasteiger partial charge in [-0.05, 0) is 33.6 Å². The highest BCUT2D eigenvalue weighted by Gasteiger charge is 2.18. The number of rotatable bonds is 3. The molecule has 0 saturated carbocycles. The Bertz CT molecular complexity index is 649. The summed E-state index contributed by atoms with van der Waals surface area (Å²) < 4.78 is 0.535. The first-order valence-corrected chi connectivity index (χ1v) is 6.43.